The van der Waals surface area contributed by atoms with E-state index >= 15 is 0 Å². The fraction of sp³-hybridized carbons (Fsp3) is 0.588. The van der Waals surface area contributed by atoms with Gasteiger partial charge < -0.3 is 5.32 Å². The van der Waals surface area contributed by atoms with Gasteiger partial charge in [0.1, 0.15) is 5.82 Å². The Morgan fingerprint density at radius 3 is 2.38 bits per heavy atom. The maximum atomic E-state index is 13.6. The van der Waals surface area contributed by atoms with Crippen LogP contribution < -0.4 is 10.8 Å². The first-order valence-electron chi connectivity index (χ1n) is 9.27. The van der Waals surface area contributed by atoms with E-state index in [1.165, 1.54) is 28.6 Å². The van der Waals surface area contributed by atoms with Crippen molar-refractivity contribution in [2.45, 2.75) is 37.7 Å². The smallest absolute Gasteiger partial charge is 0.306 e. The van der Waals surface area contributed by atoms with Crippen LogP contribution in [0, 0.1) is 5.82 Å². The highest BCUT2D eigenvalue weighted by Crippen LogP contribution is 2.30. The topological polar surface area (TPSA) is 91.0 Å². The summed E-state index contributed by atoms with van der Waals surface area (Å²) in [6.45, 7) is -0.497. The standard InChI is InChI=1S/C17H23F3N4O4S/c18-13-2-4-14(5-3-13)21-16(25)22-28-15-6-10-23(11-7-15)29(26,27)24-9-1-8-17(19,20)12-24/h2-5,15H,1,6-12H2,(H2,21,22,25). The Morgan fingerprint density at radius 2 is 1.76 bits per heavy atom. The van der Waals surface area contributed by atoms with Gasteiger partial charge in [-0.2, -0.15) is 17.0 Å². The summed E-state index contributed by atoms with van der Waals surface area (Å²) in [6.07, 6.45) is 0.0169. The normalized spacial score (nSPS) is 21.6. The van der Waals surface area contributed by atoms with Crippen molar-refractivity contribution in [1.29, 1.82) is 0 Å². The molecule has 12 heteroatoms. The fourth-order valence-corrected chi connectivity index (χ4v) is 5.01. The molecule has 2 heterocycles. The molecular formula is C17H23F3N4O4S. The third kappa shape index (κ3) is 5.81. The van der Waals surface area contributed by atoms with Crippen molar-refractivity contribution in [2.75, 3.05) is 31.5 Å². The second-order valence-corrected chi connectivity index (χ2v) is 9.01. The Balaban J connectivity index is 1.44. The van der Waals surface area contributed by atoms with Crippen LogP contribution >= 0.6 is 0 Å². The summed E-state index contributed by atoms with van der Waals surface area (Å²) >= 11 is 0. The van der Waals surface area contributed by atoms with E-state index in [0.717, 1.165) is 4.31 Å². The molecule has 0 bridgehead atoms. The van der Waals surface area contributed by atoms with Gasteiger partial charge in [0.15, 0.2) is 0 Å². The van der Waals surface area contributed by atoms with Crippen molar-refractivity contribution >= 4 is 21.9 Å². The molecule has 2 aliphatic rings. The lowest BCUT2D eigenvalue weighted by Crippen LogP contribution is -2.53. The molecule has 8 nitrogen and oxygen atoms in total. The molecule has 0 spiro atoms. The van der Waals surface area contributed by atoms with Gasteiger partial charge in [0.05, 0.1) is 12.6 Å². The Kier molecular flexibility index (Phi) is 6.66. The lowest BCUT2D eigenvalue weighted by molar-refractivity contribution is -0.0464. The monoisotopic (exact) mass is 436 g/mol. The van der Waals surface area contributed by atoms with Gasteiger partial charge in [-0.1, -0.05) is 0 Å². The quantitative estimate of drug-likeness (QED) is 0.693. The first-order valence-corrected chi connectivity index (χ1v) is 10.7. The number of nitrogens with zero attached hydrogens (tertiary/aromatic N) is 2. The number of amides is 2. The molecular weight excluding hydrogens is 413 g/mol. The molecule has 3 rings (SSSR count). The van der Waals surface area contributed by atoms with Crippen LogP contribution in [0.4, 0.5) is 23.7 Å². The summed E-state index contributed by atoms with van der Waals surface area (Å²) in [5.74, 6) is -3.43. The van der Waals surface area contributed by atoms with Crippen molar-refractivity contribution < 1.29 is 31.2 Å². The van der Waals surface area contributed by atoms with Gasteiger partial charge in [-0.05, 0) is 43.5 Å². The Hall–Kier alpha value is -1.89. The lowest BCUT2D eigenvalue weighted by Gasteiger charge is -2.37. The Morgan fingerprint density at radius 1 is 1.10 bits per heavy atom. The van der Waals surface area contributed by atoms with E-state index in [1.54, 1.807) is 0 Å². The van der Waals surface area contributed by atoms with E-state index in [-0.39, 0.29) is 32.5 Å². The SMILES string of the molecule is O=C(NOC1CCN(S(=O)(=O)N2CCCC(F)(F)C2)CC1)Nc1ccc(F)cc1. The fourth-order valence-electron chi connectivity index (χ4n) is 3.30. The molecule has 162 valence electrons. The molecule has 2 fully saturated rings. The van der Waals surface area contributed by atoms with Crippen LogP contribution in [0.5, 0.6) is 0 Å². The maximum absolute atomic E-state index is 13.6. The number of nitrogens with one attached hydrogen (secondary N) is 2. The zero-order valence-corrected chi connectivity index (χ0v) is 16.4. The van der Waals surface area contributed by atoms with Gasteiger partial charge in [-0.3, -0.25) is 4.84 Å². The average Bonchev–Trinajstić information content (AvgIpc) is 2.68. The van der Waals surface area contributed by atoms with E-state index in [0.29, 0.717) is 18.5 Å². The predicted octanol–water partition coefficient (Wildman–Crippen LogP) is 2.32. The summed E-state index contributed by atoms with van der Waals surface area (Å²) in [5.41, 5.74) is 2.60. The molecule has 0 aliphatic carbocycles. The number of alkyl halides is 2. The molecule has 29 heavy (non-hydrogen) atoms. The molecule has 2 aliphatic heterocycles. The molecule has 1 aromatic carbocycles. The van der Waals surface area contributed by atoms with Crippen LogP contribution in [0.15, 0.2) is 24.3 Å². The van der Waals surface area contributed by atoms with Gasteiger partial charge >= 0.3 is 6.03 Å². The van der Waals surface area contributed by atoms with Crippen LogP contribution in [0.25, 0.3) is 0 Å². The second kappa shape index (κ2) is 8.86. The van der Waals surface area contributed by atoms with Gasteiger partial charge in [0.25, 0.3) is 16.1 Å². The third-order valence-electron chi connectivity index (χ3n) is 4.83. The van der Waals surface area contributed by atoms with Crippen molar-refractivity contribution in [3.05, 3.63) is 30.1 Å². The van der Waals surface area contributed by atoms with Crippen molar-refractivity contribution in [3.63, 3.8) is 0 Å². The zero-order chi connectivity index (χ0) is 21.1. The third-order valence-corrected chi connectivity index (χ3v) is 6.81. The molecule has 2 amide bonds. The number of carbonyl (C=O) groups is 1. The minimum absolute atomic E-state index is 0.0828. The molecule has 1 aromatic rings. The van der Waals surface area contributed by atoms with E-state index in [9.17, 15) is 26.4 Å². The van der Waals surface area contributed by atoms with Crippen molar-refractivity contribution in [3.8, 4) is 0 Å². The number of urea groups is 1. The van der Waals surface area contributed by atoms with Crippen LogP contribution in [0.3, 0.4) is 0 Å². The van der Waals surface area contributed by atoms with E-state index in [2.05, 4.69) is 10.8 Å². The van der Waals surface area contributed by atoms with Crippen molar-refractivity contribution in [1.82, 2.24) is 14.1 Å². The van der Waals surface area contributed by atoms with Crippen LogP contribution in [-0.2, 0) is 15.0 Å². The number of anilines is 1. The summed E-state index contributed by atoms with van der Waals surface area (Å²) < 4.78 is 67.2. The van der Waals surface area contributed by atoms with E-state index in [4.69, 9.17) is 4.84 Å². The number of piperidine rings is 2. The number of carbonyl (C=O) groups excluding carboxylic acids is 1. The Bertz CT molecular complexity index is 814. The second-order valence-electron chi connectivity index (χ2n) is 7.08. The highest BCUT2D eigenvalue weighted by Gasteiger charge is 2.42. The Labute approximate surface area is 167 Å². The summed E-state index contributed by atoms with van der Waals surface area (Å²) in [5, 5.41) is 2.47. The number of hydrogen-bond donors (Lipinski definition) is 2. The van der Waals surface area contributed by atoms with Crippen LogP contribution in [0.2, 0.25) is 0 Å². The molecule has 0 atom stereocenters. The van der Waals surface area contributed by atoms with Crippen LogP contribution in [-0.4, -0.2) is 61.3 Å². The predicted molar refractivity (Wildman–Crippen MR) is 98.9 cm³/mol. The highest BCUT2D eigenvalue weighted by molar-refractivity contribution is 7.86. The van der Waals surface area contributed by atoms with Crippen LogP contribution in [0.1, 0.15) is 25.7 Å². The largest absolute Gasteiger partial charge is 0.343 e. The zero-order valence-electron chi connectivity index (χ0n) is 15.6. The van der Waals surface area contributed by atoms with E-state index < -0.39 is 40.6 Å². The molecule has 2 saturated heterocycles. The van der Waals surface area contributed by atoms with Gasteiger partial charge in [-0.25, -0.2) is 23.4 Å². The van der Waals surface area contributed by atoms with Crippen molar-refractivity contribution in [2.24, 2.45) is 0 Å². The van der Waals surface area contributed by atoms with Gasteiger partial charge in [0, 0.05) is 31.7 Å². The minimum atomic E-state index is -3.95. The maximum Gasteiger partial charge on any atom is 0.343 e. The molecule has 0 radical (unpaired) electrons. The summed E-state index contributed by atoms with van der Waals surface area (Å²) in [7, 11) is -3.95. The number of halogens is 3. The molecule has 0 saturated carbocycles. The molecule has 0 aromatic heterocycles. The average molecular weight is 436 g/mol. The molecule has 0 unspecified atom stereocenters. The first-order chi connectivity index (χ1) is 13.7. The number of hydroxylamine groups is 1. The molecule has 2 N–H and O–H groups in total. The number of hydrogen-bond acceptors (Lipinski definition) is 4. The highest BCUT2D eigenvalue weighted by atomic mass is 32.2. The minimum Gasteiger partial charge on any atom is -0.306 e. The van der Waals surface area contributed by atoms with E-state index in [1.807, 2.05) is 0 Å². The lowest BCUT2D eigenvalue weighted by atomic mass is 10.1. The van der Waals surface area contributed by atoms with Gasteiger partial charge in [-0.15, -0.1) is 0 Å². The first kappa shape index (κ1) is 21.8. The van der Waals surface area contributed by atoms with Gasteiger partial charge in [0.2, 0.25) is 0 Å². The summed E-state index contributed by atoms with van der Waals surface area (Å²) in [6, 6.07) is 4.53. The summed E-state index contributed by atoms with van der Waals surface area (Å²) in [4.78, 5) is 17.1. The number of rotatable bonds is 5. The number of benzene rings is 1.